The predicted octanol–water partition coefficient (Wildman–Crippen LogP) is 4.50. The van der Waals surface area contributed by atoms with Gasteiger partial charge in [0.25, 0.3) is 0 Å². The van der Waals surface area contributed by atoms with Gasteiger partial charge in [0.05, 0.1) is 0 Å². The van der Waals surface area contributed by atoms with Crippen molar-refractivity contribution in [2.45, 2.75) is 63.7 Å². The lowest BCUT2D eigenvalue weighted by molar-refractivity contribution is -0.129. The van der Waals surface area contributed by atoms with Crippen LogP contribution in [0.5, 0.6) is 5.75 Å². The molecule has 1 aromatic heterocycles. The van der Waals surface area contributed by atoms with E-state index in [1.54, 1.807) is 12.1 Å². The summed E-state index contributed by atoms with van der Waals surface area (Å²) in [6, 6.07) is 7.27. The fraction of sp³-hybridized carbons (Fsp3) is 0.520. The number of esters is 1. The molecule has 4 aliphatic rings. The van der Waals surface area contributed by atoms with E-state index in [2.05, 4.69) is 16.7 Å². The van der Waals surface area contributed by atoms with Crippen LogP contribution >= 0.6 is 0 Å². The number of anilines is 1. The molecule has 0 radical (unpaired) electrons. The van der Waals surface area contributed by atoms with Crippen LogP contribution in [0.4, 0.5) is 5.69 Å². The first-order valence-electron chi connectivity index (χ1n) is 11.5. The highest BCUT2D eigenvalue weighted by Gasteiger charge is 2.53. The fourth-order valence-corrected chi connectivity index (χ4v) is 5.39. The molecule has 1 amide bonds. The minimum absolute atomic E-state index is 0.00680. The van der Waals surface area contributed by atoms with E-state index in [0.29, 0.717) is 18.1 Å². The third kappa shape index (κ3) is 3.85. The smallest absolute Gasteiger partial charge is 0.335 e. The number of fused-ring (bicyclic) bond motifs is 3. The van der Waals surface area contributed by atoms with E-state index in [1.165, 1.54) is 0 Å². The number of carbonyl (C=O) groups excluding carboxylic acids is 2. The first-order chi connectivity index (χ1) is 15.4. The summed E-state index contributed by atoms with van der Waals surface area (Å²) in [6.07, 6.45) is 9.18. The maximum absolute atomic E-state index is 13.3. The van der Waals surface area contributed by atoms with Gasteiger partial charge >= 0.3 is 5.97 Å². The number of hydrogen-bond acceptors (Lipinski definition) is 6. The quantitative estimate of drug-likeness (QED) is 0.361. The number of benzene rings is 1. The summed E-state index contributed by atoms with van der Waals surface area (Å²) < 4.78 is 10.9. The third-order valence-corrected chi connectivity index (χ3v) is 7.58. The van der Waals surface area contributed by atoms with Gasteiger partial charge in [0.1, 0.15) is 5.75 Å². The van der Waals surface area contributed by atoms with E-state index in [-0.39, 0.29) is 22.7 Å². The van der Waals surface area contributed by atoms with Gasteiger partial charge in [-0.2, -0.15) is 4.98 Å². The molecule has 0 atom stereocenters. The first-order valence-corrected chi connectivity index (χ1v) is 11.5. The van der Waals surface area contributed by atoms with Crippen LogP contribution in [-0.2, 0) is 15.0 Å². The number of rotatable bonds is 7. The van der Waals surface area contributed by atoms with Crippen LogP contribution in [0, 0.1) is 18.3 Å². The molecule has 2 aromatic rings. The van der Waals surface area contributed by atoms with Gasteiger partial charge in [-0.3, -0.25) is 4.79 Å². The Morgan fingerprint density at radius 2 is 1.94 bits per heavy atom. The SMILES string of the molecule is C=CC(=O)Oc1cccc(N(CC23CCC(c4nc(C)no4)(CC2)CC3)C(=O)C2CC2)c1. The predicted molar refractivity (Wildman–Crippen MR) is 118 cm³/mol. The molecule has 6 rings (SSSR count). The number of amides is 1. The Labute approximate surface area is 187 Å². The summed E-state index contributed by atoms with van der Waals surface area (Å²) in [7, 11) is 0. The van der Waals surface area contributed by atoms with Gasteiger partial charge in [-0.15, -0.1) is 0 Å². The second-order valence-electron chi connectivity index (χ2n) is 9.75. The molecule has 7 heteroatoms. The molecule has 0 unspecified atom stereocenters. The lowest BCUT2D eigenvalue weighted by Crippen LogP contribution is -2.51. The molecule has 0 aliphatic heterocycles. The van der Waals surface area contributed by atoms with Gasteiger partial charge in [-0.1, -0.05) is 17.8 Å². The summed E-state index contributed by atoms with van der Waals surface area (Å²) >= 11 is 0. The third-order valence-electron chi connectivity index (χ3n) is 7.58. The van der Waals surface area contributed by atoms with Crippen LogP contribution in [0.25, 0.3) is 0 Å². The van der Waals surface area contributed by atoms with E-state index < -0.39 is 5.97 Å². The lowest BCUT2D eigenvalue weighted by Gasteiger charge is -2.53. The molecule has 1 aromatic carbocycles. The molecule has 2 bridgehead atoms. The lowest BCUT2D eigenvalue weighted by atomic mass is 9.53. The number of carbonyl (C=O) groups is 2. The molecule has 0 saturated heterocycles. The minimum Gasteiger partial charge on any atom is -0.423 e. The van der Waals surface area contributed by atoms with Gasteiger partial charge in [-0.25, -0.2) is 4.79 Å². The van der Waals surface area contributed by atoms with E-state index in [1.807, 2.05) is 24.0 Å². The summed E-state index contributed by atoms with van der Waals surface area (Å²) in [5.41, 5.74) is 0.878. The maximum Gasteiger partial charge on any atom is 0.335 e. The molecule has 7 nitrogen and oxygen atoms in total. The Hall–Kier alpha value is -2.96. The molecule has 1 heterocycles. The summed E-state index contributed by atoms with van der Waals surface area (Å²) in [5.74, 6) is 1.69. The van der Waals surface area contributed by atoms with E-state index in [0.717, 1.165) is 69.0 Å². The number of aromatic nitrogens is 2. The van der Waals surface area contributed by atoms with Gasteiger partial charge in [-0.05, 0) is 75.8 Å². The molecule has 0 spiro atoms. The molecule has 4 saturated carbocycles. The fourth-order valence-electron chi connectivity index (χ4n) is 5.39. The average molecular weight is 436 g/mol. The Morgan fingerprint density at radius 3 is 2.53 bits per heavy atom. The highest BCUT2D eigenvalue weighted by Crippen LogP contribution is 2.58. The Kier molecular flexibility index (Phi) is 5.14. The van der Waals surface area contributed by atoms with Crippen molar-refractivity contribution in [2.75, 3.05) is 11.4 Å². The van der Waals surface area contributed by atoms with Crippen LogP contribution in [0.2, 0.25) is 0 Å². The monoisotopic (exact) mass is 435 g/mol. The minimum atomic E-state index is -0.507. The van der Waals surface area contributed by atoms with E-state index in [4.69, 9.17) is 9.26 Å². The summed E-state index contributed by atoms with van der Waals surface area (Å²) in [5, 5.41) is 4.01. The number of ether oxygens (including phenoxy) is 1. The van der Waals surface area contributed by atoms with Crippen LogP contribution < -0.4 is 9.64 Å². The molecular formula is C25H29N3O4. The normalized spacial score (nSPS) is 26.5. The second kappa shape index (κ2) is 7.87. The molecule has 4 aliphatic carbocycles. The highest BCUT2D eigenvalue weighted by atomic mass is 16.5. The first kappa shape index (κ1) is 20.9. The molecule has 168 valence electrons. The topological polar surface area (TPSA) is 85.5 Å². The van der Waals surface area contributed by atoms with Gasteiger partial charge in [0.2, 0.25) is 11.8 Å². The van der Waals surface area contributed by atoms with Crippen molar-refractivity contribution in [3.8, 4) is 5.75 Å². The van der Waals surface area contributed by atoms with Gasteiger partial charge in [0.15, 0.2) is 5.82 Å². The highest BCUT2D eigenvalue weighted by molar-refractivity contribution is 5.96. The standard InChI is InChI=1S/C25H29N3O4/c1-3-21(29)31-20-6-4-5-19(15-20)28(22(30)18-7-8-18)16-24-9-12-25(13-10-24,14-11-24)23-26-17(2)27-32-23/h3-6,15,18H,1,7-14,16H2,2H3. The number of hydrogen-bond donors (Lipinski definition) is 0. The van der Waals surface area contributed by atoms with Crippen molar-refractivity contribution in [1.82, 2.24) is 10.1 Å². The van der Waals surface area contributed by atoms with Crippen molar-refractivity contribution < 1.29 is 18.8 Å². The van der Waals surface area contributed by atoms with Gasteiger partial charge < -0.3 is 14.2 Å². The largest absolute Gasteiger partial charge is 0.423 e. The molecule has 0 N–H and O–H groups in total. The maximum atomic E-state index is 13.3. The second-order valence-corrected chi connectivity index (χ2v) is 9.75. The van der Waals surface area contributed by atoms with Crippen LogP contribution in [0.15, 0.2) is 41.4 Å². The Balaban J connectivity index is 1.37. The average Bonchev–Trinajstić information content (AvgIpc) is 3.58. The zero-order valence-electron chi connectivity index (χ0n) is 18.5. The van der Waals surface area contributed by atoms with Gasteiger partial charge in [0, 0.05) is 35.7 Å². The van der Waals surface area contributed by atoms with Crippen molar-refractivity contribution in [3.05, 3.63) is 48.6 Å². The molecule has 32 heavy (non-hydrogen) atoms. The number of aryl methyl sites for hydroxylation is 1. The van der Waals surface area contributed by atoms with Crippen molar-refractivity contribution in [3.63, 3.8) is 0 Å². The van der Waals surface area contributed by atoms with Crippen molar-refractivity contribution >= 4 is 17.6 Å². The van der Waals surface area contributed by atoms with E-state index in [9.17, 15) is 9.59 Å². The van der Waals surface area contributed by atoms with Crippen molar-refractivity contribution in [2.24, 2.45) is 11.3 Å². The van der Waals surface area contributed by atoms with Crippen LogP contribution in [0.3, 0.4) is 0 Å². The zero-order chi connectivity index (χ0) is 22.3. The Bertz CT molecular complexity index is 1030. The molecular weight excluding hydrogens is 406 g/mol. The van der Waals surface area contributed by atoms with Crippen molar-refractivity contribution in [1.29, 1.82) is 0 Å². The van der Waals surface area contributed by atoms with Crippen LogP contribution in [0.1, 0.15) is 63.1 Å². The van der Waals surface area contributed by atoms with Crippen LogP contribution in [-0.4, -0.2) is 28.6 Å². The summed E-state index contributed by atoms with van der Waals surface area (Å²) in [4.78, 5) is 31.4. The zero-order valence-corrected chi connectivity index (χ0v) is 18.5. The van der Waals surface area contributed by atoms with E-state index >= 15 is 0 Å². The number of nitrogens with zero attached hydrogens (tertiary/aromatic N) is 3. The Morgan fingerprint density at radius 1 is 1.22 bits per heavy atom. The molecule has 4 fully saturated rings. The summed E-state index contributed by atoms with van der Waals surface area (Å²) in [6.45, 7) is 6.01.